The number of anilines is 1. The van der Waals surface area contributed by atoms with E-state index in [4.69, 9.17) is 16.3 Å². The summed E-state index contributed by atoms with van der Waals surface area (Å²) in [5.74, 6) is 0.464. The van der Waals surface area contributed by atoms with Gasteiger partial charge in [-0.3, -0.25) is 9.48 Å². The molecule has 0 atom stereocenters. The number of rotatable bonds is 7. The van der Waals surface area contributed by atoms with Gasteiger partial charge in [-0.25, -0.2) is 9.97 Å². The van der Waals surface area contributed by atoms with E-state index in [-0.39, 0.29) is 12.5 Å². The van der Waals surface area contributed by atoms with Gasteiger partial charge in [0.25, 0.3) is 5.91 Å². The van der Waals surface area contributed by atoms with Gasteiger partial charge in [-0.05, 0) is 43.3 Å². The highest BCUT2D eigenvalue weighted by Crippen LogP contribution is 2.22. The van der Waals surface area contributed by atoms with Crippen molar-refractivity contribution < 1.29 is 9.53 Å². The van der Waals surface area contributed by atoms with Crippen LogP contribution in [0.1, 0.15) is 26.1 Å². The van der Waals surface area contributed by atoms with Crippen molar-refractivity contribution in [2.45, 2.75) is 20.1 Å². The van der Waals surface area contributed by atoms with Crippen LogP contribution in [-0.2, 0) is 13.2 Å². The number of carbonyl (C=O) groups excluding carboxylic acids is 1. The van der Waals surface area contributed by atoms with Crippen molar-refractivity contribution in [3.63, 3.8) is 0 Å². The van der Waals surface area contributed by atoms with Crippen molar-refractivity contribution in [2.75, 3.05) is 5.32 Å². The molecule has 0 aliphatic heterocycles. The van der Waals surface area contributed by atoms with Crippen molar-refractivity contribution >= 4 is 40.2 Å². The largest absolute Gasteiger partial charge is 0.486 e. The molecule has 0 unspecified atom stereocenters. The van der Waals surface area contributed by atoms with Gasteiger partial charge in [0.2, 0.25) is 0 Å². The van der Waals surface area contributed by atoms with Gasteiger partial charge >= 0.3 is 0 Å². The zero-order chi connectivity index (χ0) is 22.8. The van der Waals surface area contributed by atoms with Gasteiger partial charge in [0.15, 0.2) is 0 Å². The number of nitrogens with one attached hydrogen (secondary N) is 1. The molecule has 5 aromatic rings. The number of ether oxygens (including phenoxy) is 1. The van der Waals surface area contributed by atoms with Crippen LogP contribution in [0.15, 0.2) is 67.3 Å². The van der Waals surface area contributed by atoms with Gasteiger partial charge < -0.3 is 14.5 Å². The molecule has 8 nitrogen and oxygen atoms in total. The van der Waals surface area contributed by atoms with Crippen LogP contribution in [0.2, 0.25) is 5.02 Å². The minimum atomic E-state index is -0.227. The number of amides is 1. The van der Waals surface area contributed by atoms with Gasteiger partial charge in [0.05, 0.1) is 29.8 Å². The predicted molar refractivity (Wildman–Crippen MR) is 127 cm³/mol. The van der Waals surface area contributed by atoms with Crippen molar-refractivity contribution in [1.29, 1.82) is 0 Å². The molecule has 0 spiro atoms. The molecular formula is C23H19ClN6O2S. The fourth-order valence-corrected chi connectivity index (χ4v) is 4.33. The Balaban J connectivity index is 1.21. The van der Waals surface area contributed by atoms with Gasteiger partial charge in [-0.15, -0.1) is 11.3 Å². The summed E-state index contributed by atoms with van der Waals surface area (Å²) in [6.45, 7) is 2.59. The lowest BCUT2D eigenvalue weighted by Crippen LogP contribution is -2.11. The van der Waals surface area contributed by atoms with Crippen molar-refractivity contribution in [3.05, 3.63) is 93.5 Å². The molecule has 0 saturated carbocycles. The number of carbonyl (C=O) groups is 1. The van der Waals surface area contributed by atoms with E-state index in [1.807, 2.05) is 41.9 Å². The summed E-state index contributed by atoms with van der Waals surface area (Å²) in [7, 11) is 0. The van der Waals surface area contributed by atoms with Crippen LogP contribution in [0, 0.1) is 6.92 Å². The standard InChI is InChI=1S/C23H19ClN6O2S/c1-15-22(33-21(26-15)14-32-19-7-5-16(24)6-8-19)23(31)28-17-10-25-30(12-17)13-18-11-29-9-3-2-4-20(29)27-18/h2-12H,13-14H2,1H3,(H,28,31). The molecule has 33 heavy (non-hydrogen) atoms. The minimum Gasteiger partial charge on any atom is -0.486 e. The lowest BCUT2D eigenvalue weighted by Gasteiger charge is -2.03. The van der Waals surface area contributed by atoms with E-state index in [9.17, 15) is 4.79 Å². The number of halogens is 1. The highest BCUT2D eigenvalue weighted by Gasteiger charge is 2.17. The Morgan fingerprint density at radius 1 is 1.15 bits per heavy atom. The number of aromatic nitrogens is 5. The van der Waals surface area contributed by atoms with E-state index < -0.39 is 0 Å². The maximum Gasteiger partial charge on any atom is 0.267 e. The second-order valence-electron chi connectivity index (χ2n) is 7.34. The molecule has 0 fully saturated rings. The van der Waals surface area contributed by atoms with Crippen molar-refractivity contribution in [1.82, 2.24) is 24.1 Å². The minimum absolute atomic E-state index is 0.227. The lowest BCUT2D eigenvalue weighted by atomic mass is 10.3. The van der Waals surface area contributed by atoms with Gasteiger partial charge in [0, 0.05) is 23.6 Å². The number of hydrogen-bond acceptors (Lipinski definition) is 6. The number of benzene rings is 1. The number of aryl methyl sites for hydroxylation is 1. The van der Waals surface area contributed by atoms with Crippen LogP contribution in [-0.4, -0.2) is 30.1 Å². The zero-order valence-corrected chi connectivity index (χ0v) is 19.2. The van der Waals surface area contributed by atoms with Crippen LogP contribution in [0.3, 0.4) is 0 Å². The first-order valence-electron chi connectivity index (χ1n) is 10.1. The van der Waals surface area contributed by atoms with E-state index >= 15 is 0 Å². The van der Waals surface area contributed by atoms with E-state index in [1.165, 1.54) is 11.3 Å². The molecule has 0 aliphatic rings. The van der Waals surface area contributed by atoms with Gasteiger partial charge in [-0.1, -0.05) is 17.7 Å². The number of pyridine rings is 1. The number of fused-ring (bicyclic) bond motifs is 1. The molecule has 0 radical (unpaired) electrons. The number of hydrogen-bond donors (Lipinski definition) is 1. The molecule has 4 aromatic heterocycles. The topological polar surface area (TPSA) is 86.3 Å². The van der Waals surface area contributed by atoms with Gasteiger partial charge in [0.1, 0.15) is 27.9 Å². The smallest absolute Gasteiger partial charge is 0.267 e. The van der Waals surface area contributed by atoms with Crippen LogP contribution in [0.4, 0.5) is 5.69 Å². The third kappa shape index (κ3) is 4.89. The summed E-state index contributed by atoms with van der Waals surface area (Å²) in [5, 5.41) is 8.59. The third-order valence-corrected chi connectivity index (χ3v) is 6.23. The van der Waals surface area contributed by atoms with E-state index in [0.717, 1.165) is 16.3 Å². The molecule has 1 N–H and O–H groups in total. The summed E-state index contributed by atoms with van der Waals surface area (Å²) in [6.07, 6.45) is 7.31. The second-order valence-corrected chi connectivity index (χ2v) is 8.86. The molecule has 166 valence electrons. The summed E-state index contributed by atoms with van der Waals surface area (Å²) in [4.78, 5) is 22.4. The Kier molecular flexibility index (Phi) is 5.80. The van der Waals surface area contributed by atoms with Crippen LogP contribution >= 0.6 is 22.9 Å². The van der Waals surface area contributed by atoms with Gasteiger partial charge in [-0.2, -0.15) is 5.10 Å². The zero-order valence-electron chi connectivity index (χ0n) is 17.6. The third-order valence-electron chi connectivity index (χ3n) is 4.85. The molecule has 10 heteroatoms. The Morgan fingerprint density at radius 2 is 2.00 bits per heavy atom. The fraction of sp³-hybridized carbons (Fsp3) is 0.130. The molecule has 1 aromatic carbocycles. The highest BCUT2D eigenvalue weighted by molar-refractivity contribution is 7.13. The highest BCUT2D eigenvalue weighted by atomic mass is 35.5. The molecule has 0 saturated heterocycles. The van der Waals surface area contributed by atoms with Crippen LogP contribution in [0.5, 0.6) is 5.75 Å². The molecule has 1 amide bonds. The first-order chi connectivity index (χ1) is 16.0. The Hall–Kier alpha value is -3.69. The van der Waals surface area contributed by atoms with Crippen molar-refractivity contribution in [2.24, 2.45) is 0 Å². The SMILES string of the molecule is Cc1nc(COc2ccc(Cl)cc2)sc1C(=O)Nc1cnn(Cc2cn3ccccc3n2)c1. The van der Waals surface area contributed by atoms with Crippen molar-refractivity contribution in [3.8, 4) is 5.75 Å². The fourth-order valence-electron chi connectivity index (χ4n) is 3.33. The monoisotopic (exact) mass is 478 g/mol. The predicted octanol–water partition coefficient (Wildman–Crippen LogP) is 4.83. The van der Waals surface area contributed by atoms with E-state index in [1.54, 1.807) is 41.3 Å². The maximum atomic E-state index is 12.8. The lowest BCUT2D eigenvalue weighted by molar-refractivity contribution is 0.103. The summed E-state index contributed by atoms with van der Waals surface area (Å²) in [5.41, 5.74) is 3.02. The number of imidazole rings is 1. The first-order valence-corrected chi connectivity index (χ1v) is 11.3. The quantitative estimate of drug-likeness (QED) is 0.362. The molecular weight excluding hydrogens is 460 g/mol. The Bertz CT molecular complexity index is 1390. The van der Waals surface area contributed by atoms with Crippen LogP contribution in [0.25, 0.3) is 5.65 Å². The average molecular weight is 479 g/mol. The Morgan fingerprint density at radius 3 is 2.82 bits per heavy atom. The van der Waals surface area contributed by atoms with Crippen LogP contribution < -0.4 is 10.1 Å². The number of nitrogens with zero attached hydrogens (tertiary/aromatic N) is 5. The van der Waals surface area contributed by atoms with E-state index in [2.05, 4.69) is 20.4 Å². The summed E-state index contributed by atoms with van der Waals surface area (Å²) >= 11 is 7.20. The molecule has 0 bridgehead atoms. The normalized spacial score (nSPS) is 11.1. The first kappa shape index (κ1) is 21.2. The molecule has 5 rings (SSSR count). The number of thiazole rings is 1. The maximum absolute atomic E-state index is 12.8. The molecule has 0 aliphatic carbocycles. The summed E-state index contributed by atoms with van der Waals surface area (Å²) < 4.78 is 9.43. The average Bonchev–Trinajstić information content (AvgIpc) is 3.51. The molecule has 4 heterocycles. The summed E-state index contributed by atoms with van der Waals surface area (Å²) in [6, 6.07) is 13.0. The van der Waals surface area contributed by atoms with E-state index in [0.29, 0.717) is 33.6 Å². The second kappa shape index (κ2) is 9.05. The Labute approximate surface area is 198 Å².